The molecule has 2 nitrogen and oxygen atoms in total. The summed E-state index contributed by atoms with van der Waals surface area (Å²) in [5, 5.41) is 9.57. The second-order valence-electron chi connectivity index (χ2n) is 8.20. The Morgan fingerprint density at radius 2 is 1.59 bits per heavy atom. The van der Waals surface area contributed by atoms with Crippen LogP contribution in [-0.4, -0.2) is 6.61 Å². The highest BCUT2D eigenvalue weighted by Crippen LogP contribution is 2.34. The third-order valence-electron chi connectivity index (χ3n) is 6.01. The molecule has 1 radical (unpaired) electrons. The molecule has 2 aromatic rings. The smallest absolute Gasteiger partial charge is 0.137 e. The van der Waals surface area contributed by atoms with Crippen molar-refractivity contribution in [1.82, 2.24) is 0 Å². The summed E-state index contributed by atoms with van der Waals surface area (Å²) in [5.74, 6) is 1.40. The Morgan fingerprint density at radius 3 is 2.31 bits per heavy atom. The van der Waals surface area contributed by atoms with Crippen molar-refractivity contribution in [3.63, 3.8) is 0 Å². The Bertz CT molecular complexity index is 781. The highest BCUT2D eigenvalue weighted by molar-refractivity contribution is 5.67. The molecule has 1 aliphatic carbocycles. The zero-order chi connectivity index (χ0) is 20.3. The van der Waals surface area contributed by atoms with Gasteiger partial charge >= 0.3 is 0 Å². The molecule has 153 valence electrons. The van der Waals surface area contributed by atoms with Gasteiger partial charge in [0.05, 0.1) is 12.2 Å². The molecule has 0 aromatic heterocycles. The fourth-order valence-electron chi connectivity index (χ4n) is 4.20. The fourth-order valence-corrected chi connectivity index (χ4v) is 4.20. The van der Waals surface area contributed by atoms with E-state index in [0.717, 1.165) is 17.5 Å². The van der Waals surface area contributed by atoms with Gasteiger partial charge in [-0.15, -0.1) is 0 Å². The minimum atomic E-state index is 0.625. The minimum absolute atomic E-state index is 0.625. The number of hydrogen-bond donors (Lipinski definition) is 0. The standard InChI is InChI=1S/C27H34NO/c1-2-3-4-5-6-10-19-29-27-18-17-25(20-26(27)21-28)24-15-13-23(14-16-24)22-11-8-7-9-12-22/h7,13-18,20,22H,2-6,8-12,19H2,1H3. The van der Waals surface area contributed by atoms with Crippen molar-refractivity contribution in [3.8, 4) is 22.9 Å². The van der Waals surface area contributed by atoms with E-state index in [1.165, 1.54) is 63.4 Å². The Balaban J connectivity index is 1.57. The van der Waals surface area contributed by atoms with E-state index >= 15 is 0 Å². The molecule has 0 amide bonds. The van der Waals surface area contributed by atoms with Crippen LogP contribution in [0.25, 0.3) is 11.1 Å². The molecule has 0 heterocycles. The number of ether oxygens (including phenoxy) is 1. The van der Waals surface area contributed by atoms with Gasteiger partial charge in [-0.2, -0.15) is 5.26 Å². The van der Waals surface area contributed by atoms with Gasteiger partial charge in [0.2, 0.25) is 0 Å². The largest absolute Gasteiger partial charge is 0.492 e. The molecule has 0 bridgehead atoms. The fraction of sp³-hybridized carbons (Fsp3) is 0.481. The van der Waals surface area contributed by atoms with Crippen LogP contribution in [0.3, 0.4) is 0 Å². The normalized spacial score (nSPS) is 14.5. The zero-order valence-corrected chi connectivity index (χ0v) is 17.8. The van der Waals surface area contributed by atoms with Crippen molar-refractivity contribution in [2.75, 3.05) is 6.61 Å². The molecule has 2 aromatic carbocycles. The highest BCUT2D eigenvalue weighted by Gasteiger charge is 2.15. The van der Waals surface area contributed by atoms with Crippen molar-refractivity contribution in [2.24, 2.45) is 0 Å². The second kappa shape index (κ2) is 11.7. The Kier molecular flexibility index (Phi) is 8.62. The van der Waals surface area contributed by atoms with Crippen molar-refractivity contribution < 1.29 is 4.74 Å². The summed E-state index contributed by atoms with van der Waals surface area (Å²) in [6, 6.07) is 17.2. The zero-order valence-electron chi connectivity index (χ0n) is 17.8. The van der Waals surface area contributed by atoms with E-state index in [4.69, 9.17) is 4.74 Å². The third kappa shape index (κ3) is 6.36. The molecule has 1 aliphatic rings. The maximum absolute atomic E-state index is 9.57. The summed E-state index contributed by atoms with van der Waals surface area (Å²) in [5.41, 5.74) is 4.31. The van der Waals surface area contributed by atoms with Gasteiger partial charge in [-0.25, -0.2) is 0 Å². The molecule has 1 saturated carbocycles. The topological polar surface area (TPSA) is 33.0 Å². The molecule has 0 unspecified atom stereocenters. The lowest BCUT2D eigenvalue weighted by Crippen LogP contribution is -2.04. The van der Waals surface area contributed by atoms with E-state index in [9.17, 15) is 5.26 Å². The number of nitriles is 1. The number of benzene rings is 2. The Morgan fingerprint density at radius 1 is 0.897 bits per heavy atom. The van der Waals surface area contributed by atoms with Crippen LogP contribution in [0.15, 0.2) is 42.5 Å². The molecule has 3 rings (SSSR count). The molecule has 0 spiro atoms. The van der Waals surface area contributed by atoms with E-state index in [1.54, 1.807) is 0 Å². The molecule has 0 aliphatic heterocycles. The van der Waals surface area contributed by atoms with Crippen LogP contribution < -0.4 is 4.74 Å². The van der Waals surface area contributed by atoms with Gasteiger partial charge < -0.3 is 4.74 Å². The summed E-state index contributed by atoms with van der Waals surface area (Å²) < 4.78 is 5.90. The average Bonchev–Trinajstić information content (AvgIpc) is 2.79. The average molecular weight is 389 g/mol. The van der Waals surface area contributed by atoms with Crippen LogP contribution in [0.2, 0.25) is 0 Å². The number of nitrogens with zero attached hydrogens (tertiary/aromatic N) is 1. The second-order valence-corrected chi connectivity index (χ2v) is 8.20. The van der Waals surface area contributed by atoms with Gasteiger partial charge in [0.1, 0.15) is 11.8 Å². The SMILES string of the molecule is CCCCCCCCOc1ccc(-c2ccc(C3CC[CH]CC3)cc2)cc1C#N. The lowest BCUT2D eigenvalue weighted by molar-refractivity contribution is 0.303. The minimum Gasteiger partial charge on any atom is -0.492 e. The van der Waals surface area contributed by atoms with Gasteiger partial charge in [0.15, 0.2) is 0 Å². The van der Waals surface area contributed by atoms with E-state index in [-0.39, 0.29) is 0 Å². The third-order valence-corrected chi connectivity index (χ3v) is 6.01. The van der Waals surface area contributed by atoms with Crippen molar-refractivity contribution >= 4 is 0 Å². The Labute approximate surface area is 176 Å². The number of unbranched alkanes of at least 4 members (excludes halogenated alkanes) is 5. The van der Waals surface area contributed by atoms with Gasteiger partial charge in [-0.3, -0.25) is 0 Å². The first-order chi connectivity index (χ1) is 14.3. The summed E-state index contributed by atoms with van der Waals surface area (Å²) in [6.07, 6.45) is 14.8. The molecule has 2 heteroatoms. The van der Waals surface area contributed by atoms with Crippen LogP contribution in [0.1, 0.15) is 88.2 Å². The quantitative estimate of drug-likeness (QED) is 0.389. The van der Waals surface area contributed by atoms with E-state index in [0.29, 0.717) is 23.8 Å². The van der Waals surface area contributed by atoms with Crippen molar-refractivity contribution in [1.29, 1.82) is 5.26 Å². The summed E-state index contributed by atoms with van der Waals surface area (Å²) in [7, 11) is 0. The van der Waals surface area contributed by atoms with Gasteiger partial charge in [-0.1, -0.05) is 69.4 Å². The molecule has 29 heavy (non-hydrogen) atoms. The lowest BCUT2D eigenvalue weighted by Gasteiger charge is -2.22. The van der Waals surface area contributed by atoms with E-state index in [1.807, 2.05) is 12.1 Å². The van der Waals surface area contributed by atoms with Gasteiger partial charge in [0, 0.05) is 0 Å². The summed E-state index contributed by atoms with van der Waals surface area (Å²) in [4.78, 5) is 0. The maximum atomic E-state index is 9.57. The van der Waals surface area contributed by atoms with Gasteiger partial charge in [0.25, 0.3) is 0 Å². The molecule has 1 fully saturated rings. The van der Waals surface area contributed by atoms with Crippen LogP contribution in [0, 0.1) is 17.8 Å². The van der Waals surface area contributed by atoms with Crippen LogP contribution >= 0.6 is 0 Å². The molecule has 0 N–H and O–H groups in total. The number of rotatable bonds is 10. The van der Waals surface area contributed by atoms with Crippen molar-refractivity contribution in [2.45, 2.75) is 77.0 Å². The first-order valence-electron chi connectivity index (χ1n) is 11.4. The van der Waals surface area contributed by atoms with Crippen LogP contribution in [0.5, 0.6) is 5.75 Å². The highest BCUT2D eigenvalue weighted by atomic mass is 16.5. The molecule has 0 atom stereocenters. The molecule has 0 saturated heterocycles. The predicted octanol–water partition coefficient (Wildman–Crippen LogP) is 7.83. The Hall–Kier alpha value is -2.27. The summed E-state index contributed by atoms with van der Waals surface area (Å²) >= 11 is 0. The van der Waals surface area contributed by atoms with Crippen molar-refractivity contribution in [3.05, 3.63) is 60.0 Å². The van der Waals surface area contributed by atoms with Crippen LogP contribution in [-0.2, 0) is 0 Å². The van der Waals surface area contributed by atoms with Crippen LogP contribution in [0.4, 0.5) is 0 Å². The number of hydrogen-bond acceptors (Lipinski definition) is 2. The first-order valence-corrected chi connectivity index (χ1v) is 11.4. The lowest BCUT2D eigenvalue weighted by atomic mass is 9.83. The first kappa shape index (κ1) is 21.4. The summed E-state index contributed by atoms with van der Waals surface area (Å²) in [6.45, 7) is 2.92. The molecular weight excluding hydrogens is 354 g/mol. The monoisotopic (exact) mass is 388 g/mol. The van der Waals surface area contributed by atoms with E-state index in [2.05, 4.69) is 49.7 Å². The predicted molar refractivity (Wildman–Crippen MR) is 121 cm³/mol. The maximum Gasteiger partial charge on any atom is 0.137 e. The molecular formula is C27H34NO. The van der Waals surface area contributed by atoms with Gasteiger partial charge in [-0.05, 0) is 73.3 Å². The van der Waals surface area contributed by atoms with E-state index < -0.39 is 0 Å².